The van der Waals surface area contributed by atoms with E-state index in [1.807, 2.05) is 39.0 Å². The van der Waals surface area contributed by atoms with Gasteiger partial charge in [0.1, 0.15) is 17.5 Å². The molecule has 0 spiro atoms. The highest BCUT2D eigenvalue weighted by Gasteiger charge is 2.08. The number of hydrogen-bond donors (Lipinski definition) is 2. The van der Waals surface area contributed by atoms with Crippen molar-refractivity contribution in [1.82, 2.24) is 9.97 Å². The van der Waals surface area contributed by atoms with Crippen molar-refractivity contribution in [2.75, 3.05) is 11.1 Å². The number of rotatable bonds is 2. The van der Waals surface area contributed by atoms with Gasteiger partial charge in [0.25, 0.3) is 0 Å². The van der Waals surface area contributed by atoms with E-state index in [0.717, 1.165) is 16.8 Å². The van der Waals surface area contributed by atoms with Crippen molar-refractivity contribution in [3.05, 3.63) is 40.2 Å². The van der Waals surface area contributed by atoms with Crippen LogP contribution in [0.2, 0.25) is 5.02 Å². The Morgan fingerprint density at radius 3 is 2.61 bits per heavy atom. The molecule has 2 aromatic rings. The third kappa shape index (κ3) is 2.54. The monoisotopic (exact) mass is 262 g/mol. The maximum atomic E-state index is 5.99. The largest absolute Gasteiger partial charge is 0.383 e. The van der Waals surface area contributed by atoms with Crippen molar-refractivity contribution in [3.8, 4) is 0 Å². The summed E-state index contributed by atoms with van der Waals surface area (Å²) in [5, 5.41) is 3.93. The fourth-order valence-corrected chi connectivity index (χ4v) is 1.80. The molecule has 0 amide bonds. The van der Waals surface area contributed by atoms with Gasteiger partial charge in [-0.1, -0.05) is 17.7 Å². The lowest BCUT2D eigenvalue weighted by Crippen LogP contribution is -2.05. The van der Waals surface area contributed by atoms with Crippen LogP contribution in [0, 0.1) is 20.8 Å². The van der Waals surface area contributed by atoms with Crippen molar-refractivity contribution >= 4 is 28.9 Å². The molecule has 1 aromatic carbocycles. The van der Waals surface area contributed by atoms with Gasteiger partial charge in [0.05, 0.1) is 0 Å². The number of nitrogens with one attached hydrogen (secondary N) is 1. The lowest BCUT2D eigenvalue weighted by atomic mass is 10.2. The average molecular weight is 263 g/mol. The molecule has 4 nitrogen and oxygen atoms in total. The van der Waals surface area contributed by atoms with Gasteiger partial charge in [-0.3, -0.25) is 0 Å². The number of nitrogens with zero attached hydrogens (tertiary/aromatic N) is 2. The first-order valence-electron chi connectivity index (χ1n) is 5.61. The Morgan fingerprint density at radius 2 is 1.89 bits per heavy atom. The minimum atomic E-state index is 0.490. The first-order valence-corrected chi connectivity index (χ1v) is 5.99. The summed E-state index contributed by atoms with van der Waals surface area (Å²) in [6, 6.07) is 5.68. The molecule has 0 saturated heterocycles. The number of nitrogens with two attached hydrogens (primary N) is 1. The lowest BCUT2D eigenvalue weighted by Gasteiger charge is -2.13. The van der Waals surface area contributed by atoms with Gasteiger partial charge in [-0.25, -0.2) is 9.97 Å². The fourth-order valence-electron chi connectivity index (χ4n) is 1.63. The summed E-state index contributed by atoms with van der Waals surface area (Å²) in [7, 11) is 0. The van der Waals surface area contributed by atoms with Crippen molar-refractivity contribution in [3.63, 3.8) is 0 Å². The molecule has 5 heteroatoms. The Balaban J connectivity index is 2.43. The van der Waals surface area contributed by atoms with Gasteiger partial charge in [-0.15, -0.1) is 0 Å². The molecule has 0 bridgehead atoms. The topological polar surface area (TPSA) is 63.8 Å². The van der Waals surface area contributed by atoms with Crippen LogP contribution in [0.25, 0.3) is 0 Å². The second kappa shape index (κ2) is 4.82. The first-order chi connectivity index (χ1) is 8.47. The molecular weight excluding hydrogens is 248 g/mol. The van der Waals surface area contributed by atoms with E-state index in [-0.39, 0.29) is 0 Å². The molecule has 0 fully saturated rings. The van der Waals surface area contributed by atoms with Crippen LogP contribution in [-0.2, 0) is 0 Å². The summed E-state index contributed by atoms with van der Waals surface area (Å²) < 4.78 is 0. The van der Waals surface area contributed by atoms with Crippen LogP contribution in [-0.4, -0.2) is 9.97 Å². The molecule has 0 aliphatic heterocycles. The Bertz CT molecular complexity index is 596. The van der Waals surface area contributed by atoms with E-state index in [0.29, 0.717) is 22.5 Å². The van der Waals surface area contributed by atoms with E-state index in [1.54, 1.807) is 0 Å². The van der Waals surface area contributed by atoms with Crippen molar-refractivity contribution in [1.29, 1.82) is 0 Å². The summed E-state index contributed by atoms with van der Waals surface area (Å²) in [5.41, 5.74) is 8.67. The molecule has 94 valence electrons. The minimum Gasteiger partial charge on any atom is -0.383 e. The molecule has 0 atom stereocenters. The third-order valence-electron chi connectivity index (χ3n) is 2.75. The predicted molar refractivity (Wildman–Crippen MR) is 75.4 cm³/mol. The maximum Gasteiger partial charge on any atom is 0.139 e. The summed E-state index contributed by atoms with van der Waals surface area (Å²) in [6.07, 6.45) is 0. The quantitative estimate of drug-likeness (QED) is 0.871. The number of nitrogen functional groups attached to an aromatic ring is 1. The number of aryl methyl sites for hydroxylation is 2. The Labute approximate surface area is 111 Å². The van der Waals surface area contributed by atoms with Crippen LogP contribution >= 0.6 is 11.6 Å². The normalized spacial score (nSPS) is 10.4. The lowest BCUT2D eigenvalue weighted by molar-refractivity contribution is 1.04. The van der Waals surface area contributed by atoms with Crippen molar-refractivity contribution in [2.45, 2.75) is 20.8 Å². The van der Waals surface area contributed by atoms with E-state index in [1.165, 1.54) is 0 Å². The first kappa shape index (κ1) is 12.6. The Hall–Kier alpha value is -1.81. The summed E-state index contributed by atoms with van der Waals surface area (Å²) in [4.78, 5) is 8.47. The summed E-state index contributed by atoms with van der Waals surface area (Å²) in [6.45, 7) is 5.70. The van der Waals surface area contributed by atoms with Gasteiger partial charge in [0.15, 0.2) is 0 Å². The molecule has 0 aliphatic carbocycles. The number of aromatic nitrogens is 2. The highest BCUT2D eigenvalue weighted by atomic mass is 35.5. The Morgan fingerprint density at radius 1 is 1.17 bits per heavy atom. The van der Waals surface area contributed by atoms with Crippen LogP contribution in [0.5, 0.6) is 0 Å². The second-order valence-electron chi connectivity index (χ2n) is 4.21. The minimum absolute atomic E-state index is 0.490. The molecule has 2 rings (SSSR count). The van der Waals surface area contributed by atoms with Gasteiger partial charge in [0, 0.05) is 16.3 Å². The molecule has 1 heterocycles. The van der Waals surface area contributed by atoms with Crippen LogP contribution in [0.15, 0.2) is 18.2 Å². The summed E-state index contributed by atoms with van der Waals surface area (Å²) >= 11 is 5.99. The van der Waals surface area contributed by atoms with Crippen molar-refractivity contribution in [2.24, 2.45) is 0 Å². The van der Waals surface area contributed by atoms with Gasteiger partial charge in [-0.2, -0.15) is 0 Å². The molecule has 0 aliphatic rings. The zero-order valence-corrected chi connectivity index (χ0v) is 11.3. The molecular formula is C13H15ClN4. The SMILES string of the molecule is Cc1nc(N)c(C)c(Nc2cc(Cl)ccc2C)n1. The highest BCUT2D eigenvalue weighted by Crippen LogP contribution is 2.26. The number of benzene rings is 1. The second-order valence-corrected chi connectivity index (χ2v) is 4.65. The van der Waals surface area contributed by atoms with Crippen LogP contribution in [0.3, 0.4) is 0 Å². The molecule has 1 aromatic heterocycles. The van der Waals surface area contributed by atoms with Crippen LogP contribution in [0.1, 0.15) is 17.0 Å². The predicted octanol–water partition coefficient (Wildman–Crippen LogP) is 3.38. The highest BCUT2D eigenvalue weighted by molar-refractivity contribution is 6.30. The van der Waals surface area contributed by atoms with Gasteiger partial charge < -0.3 is 11.1 Å². The average Bonchev–Trinajstić information content (AvgIpc) is 2.30. The van der Waals surface area contributed by atoms with E-state index in [9.17, 15) is 0 Å². The smallest absolute Gasteiger partial charge is 0.139 e. The molecule has 0 unspecified atom stereocenters. The van der Waals surface area contributed by atoms with Gasteiger partial charge >= 0.3 is 0 Å². The zero-order chi connectivity index (χ0) is 13.3. The van der Waals surface area contributed by atoms with E-state index < -0.39 is 0 Å². The molecule has 3 N–H and O–H groups in total. The van der Waals surface area contributed by atoms with Gasteiger partial charge in [-0.05, 0) is 38.5 Å². The molecule has 0 saturated carbocycles. The molecule has 18 heavy (non-hydrogen) atoms. The zero-order valence-electron chi connectivity index (χ0n) is 10.6. The number of halogens is 1. The fraction of sp³-hybridized carbons (Fsp3) is 0.231. The Kier molecular flexibility index (Phi) is 3.39. The standard InChI is InChI=1S/C13H15ClN4/c1-7-4-5-10(14)6-11(7)18-13-8(2)12(15)16-9(3)17-13/h4-6H,1-3H3,(H3,15,16,17,18). The maximum absolute atomic E-state index is 5.99. The van der Waals surface area contributed by atoms with Crippen molar-refractivity contribution < 1.29 is 0 Å². The van der Waals surface area contributed by atoms with E-state index >= 15 is 0 Å². The summed E-state index contributed by atoms with van der Waals surface area (Å²) in [5.74, 6) is 1.84. The van der Waals surface area contributed by atoms with Crippen LogP contribution in [0.4, 0.5) is 17.3 Å². The van der Waals surface area contributed by atoms with Gasteiger partial charge in [0.2, 0.25) is 0 Å². The third-order valence-corrected chi connectivity index (χ3v) is 2.98. The van der Waals surface area contributed by atoms with Crippen LogP contribution < -0.4 is 11.1 Å². The number of anilines is 3. The molecule has 0 radical (unpaired) electrons. The number of hydrogen-bond acceptors (Lipinski definition) is 4. The van der Waals surface area contributed by atoms with E-state index in [4.69, 9.17) is 17.3 Å². The van der Waals surface area contributed by atoms with E-state index in [2.05, 4.69) is 15.3 Å².